The Bertz CT molecular complexity index is 441. The SMILES string of the molecule is CCNc1cncc(C(=O)NCC2(OC)CCC2)n1. The molecule has 2 N–H and O–H groups in total. The standard InChI is InChI=1S/C13H20N4O2/c1-3-15-11-8-14-7-10(17-11)12(18)16-9-13(19-2)5-4-6-13/h7-8H,3-6,9H2,1-2H3,(H,15,17)(H,16,18). The molecule has 1 fully saturated rings. The van der Waals surface area contributed by atoms with Gasteiger partial charge in [-0.3, -0.25) is 9.78 Å². The zero-order valence-corrected chi connectivity index (χ0v) is 11.4. The maximum atomic E-state index is 12.0. The van der Waals surface area contributed by atoms with E-state index in [1.807, 2.05) is 6.92 Å². The van der Waals surface area contributed by atoms with Crippen molar-refractivity contribution in [2.24, 2.45) is 0 Å². The van der Waals surface area contributed by atoms with E-state index in [4.69, 9.17) is 4.74 Å². The lowest BCUT2D eigenvalue weighted by Crippen LogP contribution is -2.49. The molecule has 0 spiro atoms. The van der Waals surface area contributed by atoms with Gasteiger partial charge in [0.2, 0.25) is 0 Å². The largest absolute Gasteiger partial charge is 0.376 e. The maximum absolute atomic E-state index is 12.0. The van der Waals surface area contributed by atoms with Crippen molar-refractivity contribution >= 4 is 11.7 Å². The molecule has 1 aliphatic carbocycles. The minimum atomic E-state index is -0.212. The number of rotatable bonds is 6. The van der Waals surface area contributed by atoms with E-state index in [-0.39, 0.29) is 11.5 Å². The predicted molar refractivity (Wildman–Crippen MR) is 72.1 cm³/mol. The summed E-state index contributed by atoms with van der Waals surface area (Å²) in [5.41, 5.74) is 0.145. The van der Waals surface area contributed by atoms with Crippen LogP contribution in [-0.4, -0.2) is 41.7 Å². The molecule has 6 nitrogen and oxygen atoms in total. The number of carbonyl (C=O) groups excluding carboxylic acids is 1. The van der Waals surface area contributed by atoms with Crippen LogP contribution in [0.15, 0.2) is 12.4 Å². The molecular formula is C13H20N4O2. The van der Waals surface area contributed by atoms with Crippen LogP contribution in [-0.2, 0) is 4.74 Å². The smallest absolute Gasteiger partial charge is 0.271 e. The third-order valence-electron chi connectivity index (χ3n) is 3.49. The predicted octanol–water partition coefficient (Wildman–Crippen LogP) is 1.21. The quantitative estimate of drug-likeness (QED) is 0.807. The highest BCUT2D eigenvalue weighted by Crippen LogP contribution is 2.34. The molecule has 0 radical (unpaired) electrons. The molecule has 0 aromatic carbocycles. The van der Waals surface area contributed by atoms with Crippen LogP contribution in [0.2, 0.25) is 0 Å². The summed E-state index contributed by atoms with van der Waals surface area (Å²) in [6, 6.07) is 0. The van der Waals surface area contributed by atoms with Crippen LogP contribution < -0.4 is 10.6 Å². The number of hydrogen-bond acceptors (Lipinski definition) is 5. The molecule has 1 saturated carbocycles. The van der Waals surface area contributed by atoms with Gasteiger partial charge in [0.1, 0.15) is 11.5 Å². The number of anilines is 1. The molecule has 1 aromatic rings. The summed E-state index contributed by atoms with van der Waals surface area (Å²) in [5, 5.41) is 5.90. The van der Waals surface area contributed by atoms with Gasteiger partial charge < -0.3 is 15.4 Å². The van der Waals surface area contributed by atoms with E-state index < -0.39 is 0 Å². The van der Waals surface area contributed by atoms with E-state index in [0.29, 0.717) is 18.1 Å². The summed E-state index contributed by atoms with van der Waals surface area (Å²) in [4.78, 5) is 20.2. The first-order chi connectivity index (χ1) is 9.19. The van der Waals surface area contributed by atoms with Crippen molar-refractivity contribution in [2.75, 3.05) is 25.5 Å². The third kappa shape index (κ3) is 3.20. The third-order valence-corrected chi connectivity index (χ3v) is 3.49. The highest BCUT2D eigenvalue weighted by atomic mass is 16.5. The molecule has 1 heterocycles. The van der Waals surface area contributed by atoms with Crippen LogP contribution in [0.1, 0.15) is 36.7 Å². The lowest BCUT2D eigenvalue weighted by Gasteiger charge is -2.40. The van der Waals surface area contributed by atoms with Gasteiger partial charge in [-0.1, -0.05) is 0 Å². The molecular weight excluding hydrogens is 244 g/mol. The first-order valence-electron chi connectivity index (χ1n) is 6.58. The molecule has 0 unspecified atom stereocenters. The van der Waals surface area contributed by atoms with Gasteiger partial charge in [-0.2, -0.15) is 0 Å². The topological polar surface area (TPSA) is 76.1 Å². The molecule has 0 saturated heterocycles. The van der Waals surface area contributed by atoms with Crippen LogP contribution >= 0.6 is 0 Å². The number of nitrogens with one attached hydrogen (secondary N) is 2. The van der Waals surface area contributed by atoms with Crippen LogP contribution in [0.5, 0.6) is 0 Å². The summed E-state index contributed by atoms with van der Waals surface area (Å²) in [5.74, 6) is 0.399. The second-order valence-electron chi connectivity index (χ2n) is 4.74. The van der Waals surface area contributed by atoms with Crippen molar-refractivity contribution in [2.45, 2.75) is 31.8 Å². The van der Waals surface area contributed by atoms with Gasteiger partial charge in [0.05, 0.1) is 18.0 Å². The van der Waals surface area contributed by atoms with Gasteiger partial charge in [-0.15, -0.1) is 0 Å². The summed E-state index contributed by atoms with van der Waals surface area (Å²) in [6.07, 6.45) is 6.21. The number of methoxy groups -OCH3 is 1. The molecule has 1 aromatic heterocycles. The Labute approximate surface area is 113 Å². The van der Waals surface area contributed by atoms with Crippen molar-refractivity contribution in [3.05, 3.63) is 18.1 Å². The summed E-state index contributed by atoms with van der Waals surface area (Å²) < 4.78 is 5.46. The fourth-order valence-corrected chi connectivity index (χ4v) is 2.10. The minimum Gasteiger partial charge on any atom is -0.376 e. The number of ether oxygens (including phenoxy) is 1. The van der Waals surface area contributed by atoms with Crippen molar-refractivity contribution < 1.29 is 9.53 Å². The molecule has 6 heteroatoms. The Balaban J connectivity index is 1.94. The molecule has 1 aliphatic rings. The normalized spacial score (nSPS) is 16.5. The summed E-state index contributed by atoms with van der Waals surface area (Å²) in [7, 11) is 1.69. The van der Waals surface area contributed by atoms with Crippen LogP contribution in [0.3, 0.4) is 0 Å². The van der Waals surface area contributed by atoms with Gasteiger partial charge in [0, 0.05) is 20.2 Å². The number of hydrogen-bond donors (Lipinski definition) is 2. The first kappa shape index (κ1) is 13.7. The van der Waals surface area contributed by atoms with E-state index in [0.717, 1.165) is 25.8 Å². The Morgan fingerprint density at radius 1 is 1.47 bits per heavy atom. The fourth-order valence-electron chi connectivity index (χ4n) is 2.10. The van der Waals surface area contributed by atoms with E-state index >= 15 is 0 Å². The fraction of sp³-hybridized carbons (Fsp3) is 0.615. The average Bonchev–Trinajstić information content (AvgIpc) is 2.38. The maximum Gasteiger partial charge on any atom is 0.271 e. The van der Waals surface area contributed by atoms with E-state index in [1.54, 1.807) is 13.3 Å². The molecule has 104 valence electrons. The zero-order chi connectivity index (χ0) is 13.7. The highest BCUT2D eigenvalue weighted by molar-refractivity contribution is 5.92. The average molecular weight is 264 g/mol. The van der Waals surface area contributed by atoms with Crippen LogP contribution in [0.25, 0.3) is 0 Å². The van der Waals surface area contributed by atoms with Crippen molar-refractivity contribution in [1.29, 1.82) is 0 Å². The molecule has 0 atom stereocenters. The van der Waals surface area contributed by atoms with Gasteiger partial charge in [-0.25, -0.2) is 4.98 Å². The van der Waals surface area contributed by atoms with Crippen molar-refractivity contribution in [3.8, 4) is 0 Å². The summed E-state index contributed by atoms with van der Waals surface area (Å²) in [6.45, 7) is 3.23. The van der Waals surface area contributed by atoms with Gasteiger partial charge in [0.25, 0.3) is 5.91 Å². The Morgan fingerprint density at radius 2 is 2.26 bits per heavy atom. The lowest BCUT2D eigenvalue weighted by atomic mass is 9.80. The minimum absolute atomic E-state index is 0.178. The molecule has 2 rings (SSSR count). The lowest BCUT2D eigenvalue weighted by molar-refractivity contribution is -0.0679. The number of nitrogens with zero attached hydrogens (tertiary/aromatic N) is 2. The van der Waals surface area contributed by atoms with Crippen LogP contribution in [0.4, 0.5) is 5.82 Å². The van der Waals surface area contributed by atoms with Gasteiger partial charge in [-0.05, 0) is 26.2 Å². The molecule has 0 aliphatic heterocycles. The molecule has 19 heavy (non-hydrogen) atoms. The van der Waals surface area contributed by atoms with Crippen molar-refractivity contribution in [3.63, 3.8) is 0 Å². The monoisotopic (exact) mass is 264 g/mol. The second-order valence-corrected chi connectivity index (χ2v) is 4.74. The van der Waals surface area contributed by atoms with E-state index in [9.17, 15) is 4.79 Å². The van der Waals surface area contributed by atoms with Gasteiger partial charge in [0.15, 0.2) is 0 Å². The second kappa shape index (κ2) is 5.97. The zero-order valence-electron chi connectivity index (χ0n) is 11.4. The van der Waals surface area contributed by atoms with Gasteiger partial charge >= 0.3 is 0 Å². The molecule has 0 bridgehead atoms. The number of carbonyl (C=O) groups is 1. The Kier molecular flexibility index (Phi) is 4.31. The number of aromatic nitrogens is 2. The van der Waals surface area contributed by atoms with E-state index in [1.165, 1.54) is 6.20 Å². The summed E-state index contributed by atoms with van der Waals surface area (Å²) >= 11 is 0. The first-order valence-corrected chi connectivity index (χ1v) is 6.58. The Hall–Kier alpha value is -1.69. The molecule has 1 amide bonds. The van der Waals surface area contributed by atoms with Crippen LogP contribution in [0, 0.1) is 0 Å². The Morgan fingerprint density at radius 3 is 2.84 bits per heavy atom. The number of amides is 1. The van der Waals surface area contributed by atoms with E-state index in [2.05, 4.69) is 20.6 Å². The highest BCUT2D eigenvalue weighted by Gasteiger charge is 2.37. The van der Waals surface area contributed by atoms with Crippen molar-refractivity contribution in [1.82, 2.24) is 15.3 Å².